The van der Waals surface area contributed by atoms with E-state index >= 15 is 0 Å². The minimum absolute atomic E-state index is 0.155. The van der Waals surface area contributed by atoms with Crippen molar-refractivity contribution in [2.24, 2.45) is 0 Å². The number of rotatable bonds is 6. The Labute approximate surface area is 163 Å². The molecule has 0 saturated heterocycles. The van der Waals surface area contributed by atoms with Gasteiger partial charge in [-0.3, -0.25) is 9.78 Å². The van der Waals surface area contributed by atoms with Crippen LogP contribution < -0.4 is 5.32 Å². The second kappa shape index (κ2) is 8.60. The van der Waals surface area contributed by atoms with Gasteiger partial charge in [0.1, 0.15) is 17.8 Å². The lowest BCUT2D eigenvalue weighted by molar-refractivity contribution is 0.0790. The number of carbonyl (C=O) groups is 1. The molecule has 138 valence electrons. The van der Waals surface area contributed by atoms with E-state index in [0.29, 0.717) is 23.1 Å². The first kappa shape index (κ1) is 18.8. The summed E-state index contributed by atoms with van der Waals surface area (Å²) in [5, 5.41) is 3.86. The zero-order chi connectivity index (χ0) is 19.2. The van der Waals surface area contributed by atoms with Gasteiger partial charge in [-0.25, -0.2) is 9.97 Å². The largest absolute Gasteiger partial charge is 0.340 e. The summed E-state index contributed by atoms with van der Waals surface area (Å²) in [4.78, 5) is 26.6. The molecule has 2 aromatic heterocycles. The molecule has 0 radical (unpaired) electrons. The quantitative estimate of drug-likeness (QED) is 0.701. The van der Waals surface area contributed by atoms with Gasteiger partial charge in [0, 0.05) is 42.8 Å². The van der Waals surface area contributed by atoms with Crippen molar-refractivity contribution in [2.45, 2.75) is 13.3 Å². The SMILES string of the molecule is Cc1c(Cl)cccc1Nc1cc(C(=O)N(C)CCc2ccncc2)ncn1. The number of pyridine rings is 1. The number of anilines is 2. The van der Waals surface area contributed by atoms with Gasteiger partial charge in [0.2, 0.25) is 0 Å². The van der Waals surface area contributed by atoms with Crippen LogP contribution in [0.4, 0.5) is 11.5 Å². The Bertz CT molecular complexity index is 933. The number of aromatic nitrogens is 3. The van der Waals surface area contributed by atoms with Crippen molar-refractivity contribution in [3.8, 4) is 0 Å². The van der Waals surface area contributed by atoms with Crippen molar-refractivity contribution < 1.29 is 4.79 Å². The van der Waals surface area contributed by atoms with Crippen molar-refractivity contribution in [3.63, 3.8) is 0 Å². The van der Waals surface area contributed by atoms with Gasteiger partial charge in [0.05, 0.1) is 0 Å². The standard InChI is InChI=1S/C20H20ClN5O/c1-14-16(21)4-3-5-17(14)25-19-12-18(23-13-24-19)20(27)26(2)11-8-15-6-9-22-10-7-15/h3-7,9-10,12-13H,8,11H2,1-2H3,(H,23,24,25). The lowest BCUT2D eigenvalue weighted by atomic mass is 10.2. The van der Waals surface area contributed by atoms with Crippen molar-refractivity contribution in [1.29, 1.82) is 0 Å². The van der Waals surface area contributed by atoms with Crippen molar-refractivity contribution in [3.05, 3.63) is 77.0 Å². The molecule has 0 aliphatic heterocycles. The molecule has 3 aromatic rings. The average molecular weight is 382 g/mol. The summed E-state index contributed by atoms with van der Waals surface area (Å²) in [6.07, 6.45) is 5.63. The Balaban J connectivity index is 1.68. The minimum Gasteiger partial charge on any atom is -0.340 e. The first-order valence-corrected chi connectivity index (χ1v) is 8.91. The number of nitrogens with zero attached hydrogens (tertiary/aromatic N) is 4. The lowest BCUT2D eigenvalue weighted by Crippen LogP contribution is -2.29. The van der Waals surface area contributed by atoms with Crippen LogP contribution in [-0.2, 0) is 6.42 Å². The predicted octanol–water partition coefficient (Wildman–Crippen LogP) is 3.89. The van der Waals surface area contributed by atoms with Crippen LogP contribution in [0.5, 0.6) is 0 Å². The van der Waals surface area contributed by atoms with E-state index in [4.69, 9.17) is 11.6 Å². The van der Waals surface area contributed by atoms with E-state index in [1.165, 1.54) is 6.33 Å². The van der Waals surface area contributed by atoms with E-state index in [1.54, 1.807) is 30.4 Å². The third kappa shape index (κ3) is 4.80. The van der Waals surface area contributed by atoms with Gasteiger partial charge in [-0.15, -0.1) is 0 Å². The third-order valence-corrected chi connectivity index (χ3v) is 4.66. The van der Waals surface area contributed by atoms with Crippen LogP contribution in [0.25, 0.3) is 0 Å². The maximum absolute atomic E-state index is 12.7. The van der Waals surface area contributed by atoms with Crippen LogP contribution in [0.1, 0.15) is 21.6 Å². The van der Waals surface area contributed by atoms with Crippen LogP contribution in [-0.4, -0.2) is 39.4 Å². The third-order valence-electron chi connectivity index (χ3n) is 4.25. The molecule has 6 nitrogen and oxygen atoms in total. The van der Waals surface area contributed by atoms with Crippen LogP contribution >= 0.6 is 11.6 Å². The molecule has 3 rings (SSSR count). The minimum atomic E-state index is -0.155. The number of hydrogen-bond donors (Lipinski definition) is 1. The summed E-state index contributed by atoms with van der Waals surface area (Å²) in [5.74, 6) is 0.388. The molecule has 7 heteroatoms. The normalized spacial score (nSPS) is 10.5. The average Bonchev–Trinajstić information content (AvgIpc) is 2.70. The summed E-state index contributed by atoms with van der Waals surface area (Å²) in [5.41, 5.74) is 3.22. The highest BCUT2D eigenvalue weighted by Gasteiger charge is 2.14. The van der Waals surface area contributed by atoms with Gasteiger partial charge < -0.3 is 10.2 Å². The Morgan fingerprint density at radius 1 is 1.19 bits per heavy atom. The predicted molar refractivity (Wildman–Crippen MR) is 106 cm³/mol. The molecule has 0 unspecified atom stereocenters. The van der Waals surface area contributed by atoms with Gasteiger partial charge in [0.15, 0.2) is 0 Å². The molecule has 1 aromatic carbocycles. The monoisotopic (exact) mass is 381 g/mol. The molecule has 0 atom stereocenters. The fraction of sp³-hybridized carbons (Fsp3) is 0.200. The van der Waals surface area contributed by atoms with E-state index < -0.39 is 0 Å². The van der Waals surface area contributed by atoms with Gasteiger partial charge in [-0.2, -0.15) is 0 Å². The topological polar surface area (TPSA) is 71.0 Å². The smallest absolute Gasteiger partial charge is 0.272 e. The van der Waals surface area contributed by atoms with Gasteiger partial charge in [0.25, 0.3) is 5.91 Å². The summed E-state index contributed by atoms with van der Waals surface area (Å²) in [6, 6.07) is 11.1. The number of halogens is 1. The van der Waals surface area contributed by atoms with E-state index in [9.17, 15) is 4.79 Å². The zero-order valence-electron chi connectivity index (χ0n) is 15.2. The maximum atomic E-state index is 12.7. The van der Waals surface area contributed by atoms with Gasteiger partial charge in [-0.05, 0) is 48.7 Å². The zero-order valence-corrected chi connectivity index (χ0v) is 15.9. The number of nitrogens with one attached hydrogen (secondary N) is 1. The second-order valence-electron chi connectivity index (χ2n) is 6.16. The highest BCUT2D eigenvalue weighted by atomic mass is 35.5. The number of amides is 1. The van der Waals surface area contributed by atoms with E-state index in [0.717, 1.165) is 23.2 Å². The summed E-state index contributed by atoms with van der Waals surface area (Å²) in [7, 11) is 1.76. The van der Waals surface area contributed by atoms with Crippen LogP contribution in [0.15, 0.2) is 55.1 Å². The van der Waals surface area contributed by atoms with Crippen LogP contribution in [0.2, 0.25) is 5.02 Å². The van der Waals surface area contributed by atoms with Crippen molar-refractivity contribution >= 4 is 29.0 Å². The molecular weight excluding hydrogens is 362 g/mol. The Kier molecular flexibility index (Phi) is 5.98. The Morgan fingerprint density at radius 3 is 2.74 bits per heavy atom. The second-order valence-corrected chi connectivity index (χ2v) is 6.57. The molecule has 0 aliphatic rings. The molecule has 2 heterocycles. The van der Waals surface area contributed by atoms with Crippen LogP contribution in [0.3, 0.4) is 0 Å². The van der Waals surface area contributed by atoms with Crippen molar-refractivity contribution in [1.82, 2.24) is 19.9 Å². The molecule has 1 amide bonds. The number of carbonyl (C=O) groups excluding carboxylic acids is 1. The molecule has 0 aliphatic carbocycles. The van der Waals surface area contributed by atoms with E-state index in [2.05, 4.69) is 20.3 Å². The van der Waals surface area contributed by atoms with Crippen molar-refractivity contribution in [2.75, 3.05) is 18.9 Å². The van der Waals surface area contributed by atoms with Gasteiger partial charge in [-0.1, -0.05) is 17.7 Å². The van der Waals surface area contributed by atoms with Gasteiger partial charge >= 0.3 is 0 Å². The molecule has 0 spiro atoms. The molecular formula is C20H20ClN5O. The highest BCUT2D eigenvalue weighted by Crippen LogP contribution is 2.25. The maximum Gasteiger partial charge on any atom is 0.272 e. The Hall–Kier alpha value is -2.99. The highest BCUT2D eigenvalue weighted by molar-refractivity contribution is 6.31. The molecule has 27 heavy (non-hydrogen) atoms. The van der Waals surface area contributed by atoms with E-state index in [-0.39, 0.29) is 5.91 Å². The van der Waals surface area contributed by atoms with E-state index in [1.807, 2.05) is 37.3 Å². The number of likely N-dealkylation sites (N-methyl/N-ethyl adjacent to an activating group) is 1. The molecule has 1 N–H and O–H groups in total. The van der Waals surface area contributed by atoms with Crippen LogP contribution in [0, 0.1) is 6.92 Å². The summed E-state index contributed by atoms with van der Waals surface area (Å²) < 4.78 is 0. The number of benzene rings is 1. The summed E-state index contributed by atoms with van der Waals surface area (Å²) >= 11 is 6.15. The lowest BCUT2D eigenvalue weighted by Gasteiger charge is -2.17. The number of hydrogen-bond acceptors (Lipinski definition) is 5. The first-order valence-electron chi connectivity index (χ1n) is 8.53. The Morgan fingerprint density at radius 2 is 1.96 bits per heavy atom. The molecule has 0 bridgehead atoms. The molecule has 0 saturated carbocycles. The fourth-order valence-corrected chi connectivity index (χ4v) is 2.74. The molecule has 0 fully saturated rings. The summed E-state index contributed by atoms with van der Waals surface area (Å²) in [6.45, 7) is 2.51. The first-order chi connectivity index (χ1) is 13.0. The fourth-order valence-electron chi connectivity index (χ4n) is 2.57.